The molecule has 2 N–H and O–H groups in total. The molecule has 0 bridgehead atoms. The van der Waals surface area contributed by atoms with Crippen LogP contribution in [0.4, 0.5) is 8.78 Å². The highest BCUT2D eigenvalue weighted by atomic mass is 35.5. The highest BCUT2D eigenvalue weighted by molar-refractivity contribution is 6.33. The summed E-state index contributed by atoms with van der Waals surface area (Å²) in [7, 11) is 0. The summed E-state index contributed by atoms with van der Waals surface area (Å²) in [6.07, 6.45) is 1.47. The number of amides is 2. The topological polar surface area (TPSA) is 71.3 Å². The molecule has 0 aliphatic rings. The van der Waals surface area contributed by atoms with Gasteiger partial charge in [-0.05, 0) is 24.3 Å². The Kier molecular flexibility index (Phi) is 5.11. The molecule has 1 aromatic carbocycles. The van der Waals surface area contributed by atoms with Crippen LogP contribution in [0.2, 0.25) is 5.02 Å². The molecule has 22 heavy (non-hydrogen) atoms. The minimum atomic E-state index is -1.20. The van der Waals surface area contributed by atoms with Crippen LogP contribution in [0.25, 0.3) is 0 Å². The summed E-state index contributed by atoms with van der Waals surface area (Å²) in [4.78, 5) is 23.3. The molecule has 1 heterocycles. The second kappa shape index (κ2) is 7.04. The van der Waals surface area contributed by atoms with Gasteiger partial charge >= 0.3 is 0 Å². The summed E-state index contributed by atoms with van der Waals surface area (Å²) in [5.74, 6) is -3.04. The SMILES string of the molecule is O=C(CNC(=O)c1cc(F)c(F)cc1Cl)NCc1ccco1. The summed E-state index contributed by atoms with van der Waals surface area (Å²) >= 11 is 5.66. The molecule has 0 atom stereocenters. The zero-order chi connectivity index (χ0) is 16.1. The van der Waals surface area contributed by atoms with Crippen molar-refractivity contribution in [1.82, 2.24) is 10.6 Å². The lowest BCUT2D eigenvalue weighted by Crippen LogP contribution is -2.36. The van der Waals surface area contributed by atoms with Crippen LogP contribution in [0.1, 0.15) is 16.1 Å². The summed E-state index contributed by atoms with van der Waals surface area (Å²) in [5, 5.41) is 4.53. The first-order chi connectivity index (χ1) is 10.5. The molecular formula is C14H11ClF2N2O3. The van der Waals surface area contributed by atoms with Crippen LogP contribution in [0.15, 0.2) is 34.9 Å². The Balaban J connectivity index is 1.87. The predicted octanol–water partition coefficient (Wildman–Crippen LogP) is 2.26. The van der Waals surface area contributed by atoms with Crippen molar-refractivity contribution in [2.24, 2.45) is 0 Å². The number of furan rings is 1. The van der Waals surface area contributed by atoms with Crippen molar-refractivity contribution in [2.75, 3.05) is 6.54 Å². The predicted molar refractivity (Wildman–Crippen MR) is 74.3 cm³/mol. The van der Waals surface area contributed by atoms with Crippen molar-refractivity contribution < 1.29 is 22.8 Å². The van der Waals surface area contributed by atoms with Gasteiger partial charge in [0.2, 0.25) is 5.91 Å². The summed E-state index contributed by atoms with van der Waals surface area (Å²) < 4.78 is 31.0. The Morgan fingerprint density at radius 2 is 1.91 bits per heavy atom. The van der Waals surface area contributed by atoms with Crippen LogP contribution in [0, 0.1) is 11.6 Å². The smallest absolute Gasteiger partial charge is 0.253 e. The minimum Gasteiger partial charge on any atom is -0.467 e. The summed E-state index contributed by atoms with van der Waals surface area (Å²) in [6.45, 7) is -0.164. The first-order valence-electron chi connectivity index (χ1n) is 6.19. The van der Waals surface area contributed by atoms with Gasteiger partial charge in [-0.3, -0.25) is 9.59 Å². The van der Waals surface area contributed by atoms with E-state index in [0.717, 1.165) is 0 Å². The molecule has 8 heteroatoms. The highest BCUT2D eigenvalue weighted by Crippen LogP contribution is 2.19. The molecule has 1 aromatic heterocycles. The molecule has 2 amide bonds. The zero-order valence-electron chi connectivity index (χ0n) is 11.2. The maximum atomic E-state index is 13.1. The molecule has 2 aromatic rings. The maximum absolute atomic E-state index is 13.1. The van der Waals surface area contributed by atoms with Gasteiger partial charge in [-0.15, -0.1) is 0 Å². The average molecular weight is 329 g/mol. The molecule has 0 fully saturated rings. The maximum Gasteiger partial charge on any atom is 0.253 e. The average Bonchev–Trinajstić information content (AvgIpc) is 2.99. The van der Waals surface area contributed by atoms with Crippen molar-refractivity contribution in [1.29, 1.82) is 0 Å². The largest absolute Gasteiger partial charge is 0.467 e. The highest BCUT2D eigenvalue weighted by Gasteiger charge is 2.15. The Labute approximate surface area is 129 Å². The van der Waals surface area contributed by atoms with Gasteiger partial charge in [-0.2, -0.15) is 0 Å². The number of hydrogen-bond donors (Lipinski definition) is 2. The third-order valence-electron chi connectivity index (χ3n) is 2.70. The molecule has 0 aliphatic carbocycles. The van der Waals surface area contributed by atoms with Crippen LogP contribution >= 0.6 is 11.6 Å². The van der Waals surface area contributed by atoms with Crippen molar-refractivity contribution in [3.05, 3.63) is 58.5 Å². The van der Waals surface area contributed by atoms with Gasteiger partial charge in [0.1, 0.15) is 5.76 Å². The lowest BCUT2D eigenvalue weighted by atomic mass is 10.2. The van der Waals surface area contributed by atoms with Crippen LogP contribution in [-0.2, 0) is 11.3 Å². The van der Waals surface area contributed by atoms with Gasteiger partial charge in [-0.25, -0.2) is 8.78 Å². The van der Waals surface area contributed by atoms with Crippen LogP contribution in [0.3, 0.4) is 0 Å². The second-order valence-corrected chi connectivity index (χ2v) is 4.69. The number of hydrogen-bond acceptors (Lipinski definition) is 3. The molecule has 5 nitrogen and oxygen atoms in total. The standard InChI is InChI=1S/C14H11ClF2N2O3/c15-10-5-12(17)11(16)4-9(10)14(21)19-7-13(20)18-6-8-2-1-3-22-8/h1-5H,6-7H2,(H,18,20)(H,19,21). The van der Waals surface area contributed by atoms with E-state index in [2.05, 4.69) is 10.6 Å². The van der Waals surface area contributed by atoms with Crippen molar-refractivity contribution >= 4 is 23.4 Å². The normalized spacial score (nSPS) is 10.3. The fourth-order valence-electron chi connectivity index (χ4n) is 1.61. The van der Waals surface area contributed by atoms with E-state index in [1.807, 2.05) is 0 Å². The van der Waals surface area contributed by atoms with Crippen molar-refractivity contribution in [3.63, 3.8) is 0 Å². The summed E-state index contributed by atoms with van der Waals surface area (Å²) in [5.41, 5.74) is -0.251. The van der Waals surface area contributed by atoms with Crippen molar-refractivity contribution in [2.45, 2.75) is 6.54 Å². The van der Waals surface area contributed by atoms with Gasteiger partial charge in [0.15, 0.2) is 11.6 Å². The van der Waals surface area contributed by atoms with Gasteiger partial charge < -0.3 is 15.1 Å². The molecule has 0 spiro atoms. The first kappa shape index (κ1) is 16.0. The minimum absolute atomic E-state index is 0.174. The van der Waals surface area contributed by atoms with E-state index in [9.17, 15) is 18.4 Å². The Morgan fingerprint density at radius 3 is 2.59 bits per heavy atom. The van der Waals surface area contributed by atoms with Crippen LogP contribution in [0.5, 0.6) is 0 Å². The number of rotatable bonds is 5. The molecule has 0 aliphatic heterocycles. The monoisotopic (exact) mass is 328 g/mol. The fraction of sp³-hybridized carbons (Fsp3) is 0.143. The molecule has 0 saturated heterocycles. The Morgan fingerprint density at radius 1 is 1.18 bits per heavy atom. The molecule has 0 radical (unpaired) electrons. The Bertz CT molecular complexity index is 690. The third-order valence-corrected chi connectivity index (χ3v) is 3.02. The van der Waals surface area contributed by atoms with Gasteiger partial charge in [0.05, 0.1) is 29.9 Å². The van der Waals surface area contributed by atoms with Crippen LogP contribution < -0.4 is 10.6 Å². The van der Waals surface area contributed by atoms with Gasteiger partial charge in [-0.1, -0.05) is 11.6 Å². The van der Waals surface area contributed by atoms with Crippen LogP contribution in [-0.4, -0.2) is 18.4 Å². The second-order valence-electron chi connectivity index (χ2n) is 4.28. The van der Waals surface area contributed by atoms with E-state index in [1.54, 1.807) is 12.1 Å². The quantitative estimate of drug-likeness (QED) is 0.827. The van der Waals surface area contributed by atoms with E-state index in [0.29, 0.717) is 17.9 Å². The molecular weight excluding hydrogens is 318 g/mol. The fourth-order valence-corrected chi connectivity index (χ4v) is 1.85. The Hall–Kier alpha value is -2.41. The van der Waals surface area contributed by atoms with E-state index in [1.165, 1.54) is 6.26 Å². The summed E-state index contributed by atoms with van der Waals surface area (Å²) in [6, 6.07) is 4.73. The number of benzene rings is 1. The first-order valence-corrected chi connectivity index (χ1v) is 6.57. The number of nitrogens with one attached hydrogen (secondary N) is 2. The molecule has 0 saturated carbocycles. The number of carbonyl (C=O) groups excluding carboxylic acids is 2. The molecule has 116 valence electrons. The van der Waals surface area contributed by atoms with Crippen molar-refractivity contribution in [3.8, 4) is 0 Å². The van der Waals surface area contributed by atoms with E-state index in [-0.39, 0.29) is 23.7 Å². The molecule has 2 rings (SSSR count). The lowest BCUT2D eigenvalue weighted by Gasteiger charge is -2.07. The zero-order valence-corrected chi connectivity index (χ0v) is 11.9. The van der Waals surface area contributed by atoms with E-state index >= 15 is 0 Å². The van der Waals surface area contributed by atoms with Gasteiger partial charge in [0, 0.05) is 0 Å². The van der Waals surface area contributed by atoms with E-state index < -0.39 is 23.4 Å². The third kappa shape index (κ3) is 4.05. The van der Waals surface area contributed by atoms with Gasteiger partial charge in [0.25, 0.3) is 5.91 Å². The molecule has 0 unspecified atom stereocenters. The number of carbonyl (C=O) groups is 2. The lowest BCUT2D eigenvalue weighted by molar-refractivity contribution is -0.120. The number of halogens is 3. The van der Waals surface area contributed by atoms with E-state index in [4.69, 9.17) is 16.0 Å².